The lowest BCUT2D eigenvalue weighted by Crippen LogP contribution is -2.31. The summed E-state index contributed by atoms with van der Waals surface area (Å²) in [5.74, 6) is 0.450. The molecule has 0 aliphatic carbocycles. The van der Waals surface area contributed by atoms with Crippen LogP contribution in [0.3, 0.4) is 0 Å². The van der Waals surface area contributed by atoms with Crippen molar-refractivity contribution in [3.63, 3.8) is 0 Å². The zero-order valence-electron chi connectivity index (χ0n) is 14.6. The van der Waals surface area contributed by atoms with Crippen LogP contribution in [0.4, 0.5) is 0 Å². The fourth-order valence-corrected chi connectivity index (χ4v) is 3.20. The van der Waals surface area contributed by atoms with Gasteiger partial charge in [-0.25, -0.2) is 0 Å². The number of aromatic nitrogens is 4. The first-order valence-corrected chi connectivity index (χ1v) is 9.46. The van der Waals surface area contributed by atoms with Gasteiger partial charge in [0.1, 0.15) is 0 Å². The molecule has 0 aliphatic rings. The molecule has 0 saturated heterocycles. The summed E-state index contributed by atoms with van der Waals surface area (Å²) >= 11 is 1.37. The maximum Gasteiger partial charge on any atom is 0.233 e. The van der Waals surface area contributed by atoms with Gasteiger partial charge in [0, 0.05) is 13.1 Å². The number of carbonyl (C=O) groups is 1. The normalized spacial score (nSPS) is 10.8. The number of amides is 1. The predicted molar refractivity (Wildman–Crippen MR) is 96.4 cm³/mol. The van der Waals surface area contributed by atoms with E-state index in [1.165, 1.54) is 30.2 Å². The zero-order chi connectivity index (χ0) is 17.4. The van der Waals surface area contributed by atoms with Gasteiger partial charge in [-0.1, -0.05) is 37.2 Å². The van der Waals surface area contributed by atoms with Gasteiger partial charge in [0.15, 0.2) is 0 Å². The van der Waals surface area contributed by atoms with E-state index in [4.69, 9.17) is 0 Å². The molecule has 0 radical (unpaired) electrons. The van der Waals surface area contributed by atoms with Crippen LogP contribution in [0.15, 0.2) is 29.4 Å². The van der Waals surface area contributed by atoms with Crippen LogP contribution in [0.1, 0.15) is 39.2 Å². The average molecular weight is 347 g/mol. The monoisotopic (exact) mass is 347 g/mol. The van der Waals surface area contributed by atoms with Gasteiger partial charge in [-0.2, -0.15) is 4.68 Å². The first kappa shape index (κ1) is 18.4. The van der Waals surface area contributed by atoms with Gasteiger partial charge in [0.25, 0.3) is 0 Å². The van der Waals surface area contributed by atoms with Crippen molar-refractivity contribution in [2.45, 2.75) is 45.2 Å². The summed E-state index contributed by atoms with van der Waals surface area (Å²) < 4.78 is 1.68. The van der Waals surface area contributed by atoms with Crippen LogP contribution in [0.5, 0.6) is 0 Å². The van der Waals surface area contributed by atoms with E-state index >= 15 is 0 Å². The number of hydrogen-bond donors (Lipinski definition) is 0. The van der Waals surface area contributed by atoms with E-state index < -0.39 is 0 Å². The first-order chi connectivity index (χ1) is 11.7. The van der Waals surface area contributed by atoms with Crippen LogP contribution in [0, 0.1) is 0 Å². The fraction of sp³-hybridized carbons (Fsp3) is 0.529. The van der Waals surface area contributed by atoms with Crippen LogP contribution < -0.4 is 0 Å². The molecule has 6 nitrogen and oxygen atoms in total. The molecule has 2 rings (SSSR count). The van der Waals surface area contributed by atoms with E-state index in [0.29, 0.717) is 10.9 Å². The van der Waals surface area contributed by atoms with E-state index in [-0.39, 0.29) is 5.91 Å². The second-order valence-electron chi connectivity index (χ2n) is 5.50. The summed E-state index contributed by atoms with van der Waals surface area (Å²) in [4.78, 5) is 13.9. The summed E-state index contributed by atoms with van der Waals surface area (Å²) in [6.45, 7) is 7.60. The molecular weight excluding hydrogens is 322 g/mol. The Morgan fingerprint density at radius 2 is 1.88 bits per heavy atom. The van der Waals surface area contributed by atoms with Crippen LogP contribution in [-0.4, -0.2) is 49.9 Å². The van der Waals surface area contributed by atoms with Gasteiger partial charge >= 0.3 is 0 Å². The Balaban J connectivity index is 2.03. The third-order valence-corrected chi connectivity index (χ3v) is 4.79. The Kier molecular flexibility index (Phi) is 7.24. The van der Waals surface area contributed by atoms with Crippen LogP contribution in [0.25, 0.3) is 5.69 Å². The quantitative estimate of drug-likeness (QED) is 0.653. The molecule has 7 heteroatoms. The number of thioether (sulfide) groups is 1. The van der Waals surface area contributed by atoms with Crippen molar-refractivity contribution in [2.75, 3.05) is 18.8 Å². The molecule has 1 aromatic carbocycles. The van der Waals surface area contributed by atoms with Gasteiger partial charge in [-0.15, -0.1) is 5.10 Å². The SMILES string of the molecule is CCCCc1ccc(-n2nnnc2SCC(=O)N(CC)CC)cc1. The van der Waals surface area contributed by atoms with E-state index in [9.17, 15) is 4.79 Å². The highest BCUT2D eigenvalue weighted by Crippen LogP contribution is 2.19. The Hall–Kier alpha value is -1.89. The third-order valence-electron chi connectivity index (χ3n) is 3.88. The van der Waals surface area contributed by atoms with Gasteiger partial charge in [0.2, 0.25) is 11.1 Å². The van der Waals surface area contributed by atoms with Crippen molar-refractivity contribution in [1.82, 2.24) is 25.1 Å². The average Bonchev–Trinajstić information content (AvgIpc) is 3.08. The molecular formula is C17H25N5OS. The summed E-state index contributed by atoms with van der Waals surface area (Å²) in [5, 5.41) is 12.5. The fourth-order valence-electron chi connectivity index (χ4n) is 2.41. The van der Waals surface area contributed by atoms with Crippen molar-refractivity contribution in [2.24, 2.45) is 0 Å². The van der Waals surface area contributed by atoms with Crippen LogP contribution in [0.2, 0.25) is 0 Å². The molecule has 0 spiro atoms. The number of unbranched alkanes of at least 4 members (excludes halogenated alkanes) is 1. The molecule has 0 aliphatic heterocycles. The van der Waals surface area contributed by atoms with Crippen molar-refractivity contribution < 1.29 is 4.79 Å². The van der Waals surface area contributed by atoms with Crippen molar-refractivity contribution in [1.29, 1.82) is 0 Å². The maximum absolute atomic E-state index is 12.1. The van der Waals surface area contributed by atoms with Gasteiger partial charge in [-0.3, -0.25) is 4.79 Å². The summed E-state index contributed by atoms with van der Waals surface area (Å²) in [6, 6.07) is 8.28. The molecule has 0 atom stereocenters. The van der Waals surface area contributed by atoms with Gasteiger partial charge in [0.05, 0.1) is 11.4 Å². The minimum absolute atomic E-state index is 0.106. The molecule has 1 heterocycles. The first-order valence-electron chi connectivity index (χ1n) is 8.47. The number of carbonyl (C=O) groups excluding carboxylic acids is 1. The van der Waals surface area contributed by atoms with E-state index in [2.05, 4.69) is 34.6 Å². The number of rotatable bonds is 9. The smallest absolute Gasteiger partial charge is 0.233 e. The number of benzene rings is 1. The molecule has 1 aromatic heterocycles. The number of hydrogen-bond acceptors (Lipinski definition) is 5. The summed E-state index contributed by atoms with van der Waals surface area (Å²) in [5.41, 5.74) is 2.23. The highest BCUT2D eigenvalue weighted by molar-refractivity contribution is 7.99. The summed E-state index contributed by atoms with van der Waals surface area (Å²) in [6.07, 6.45) is 3.47. The Bertz CT molecular complexity index is 637. The molecule has 1 amide bonds. The molecule has 24 heavy (non-hydrogen) atoms. The van der Waals surface area contributed by atoms with E-state index in [0.717, 1.165) is 25.2 Å². The molecule has 0 bridgehead atoms. The largest absolute Gasteiger partial charge is 0.343 e. The third kappa shape index (κ3) is 4.80. The Labute approximate surface area is 147 Å². The molecule has 0 fully saturated rings. The lowest BCUT2D eigenvalue weighted by molar-refractivity contribution is -0.127. The molecule has 2 aromatic rings. The van der Waals surface area contributed by atoms with Gasteiger partial charge < -0.3 is 4.90 Å². The van der Waals surface area contributed by atoms with Gasteiger partial charge in [-0.05, 0) is 54.8 Å². The highest BCUT2D eigenvalue weighted by atomic mass is 32.2. The van der Waals surface area contributed by atoms with Crippen molar-refractivity contribution >= 4 is 17.7 Å². The second kappa shape index (κ2) is 9.42. The molecule has 130 valence electrons. The lowest BCUT2D eigenvalue weighted by Gasteiger charge is -2.17. The zero-order valence-corrected chi connectivity index (χ0v) is 15.4. The number of aryl methyl sites for hydroxylation is 1. The predicted octanol–water partition coefficient (Wildman–Crippen LogP) is 2.97. The Morgan fingerprint density at radius 1 is 1.17 bits per heavy atom. The topological polar surface area (TPSA) is 63.9 Å². The van der Waals surface area contributed by atoms with Crippen LogP contribution >= 0.6 is 11.8 Å². The molecule has 0 unspecified atom stereocenters. The Morgan fingerprint density at radius 3 is 2.50 bits per heavy atom. The minimum Gasteiger partial charge on any atom is -0.343 e. The molecule has 0 saturated carbocycles. The van der Waals surface area contributed by atoms with Crippen molar-refractivity contribution in [3.05, 3.63) is 29.8 Å². The molecule has 0 N–H and O–H groups in total. The van der Waals surface area contributed by atoms with E-state index in [1.807, 2.05) is 30.9 Å². The highest BCUT2D eigenvalue weighted by Gasteiger charge is 2.14. The number of nitrogens with zero attached hydrogens (tertiary/aromatic N) is 5. The minimum atomic E-state index is 0.106. The van der Waals surface area contributed by atoms with E-state index in [1.54, 1.807) is 4.68 Å². The van der Waals surface area contributed by atoms with Crippen LogP contribution in [-0.2, 0) is 11.2 Å². The number of tetrazole rings is 1. The summed E-state index contributed by atoms with van der Waals surface area (Å²) in [7, 11) is 0. The lowest BCUT2D eigenvalue weighted by atomic mass is 10.1. The standard InChI is InChI=1S/C17H25N5OS/c1-4-7-8-14-9-11-15(12-10-14)22-17(18-19-20-22)24-13-16(23)21(5-2)6-3/h9-12H,4-8,13H2,1-3H3. The van der Waals surface area contributed by atoms with Crippen molar-refractivity contribution in [3.8, 4) is 5.69 Å². The second-order valence-corrected chi connectivity index (χ2v) is 6.44. The maximum atomic E-state index is 12.1.